The minimum atomic E-state index is -0.148. The predicted octanol–water partition coefficient (Wildman–Crippen LogP) is 1.63. The summed E-state index contributed by atoms with van der Waals surface area (Å²) >= 11 is 0. The summed E-state index contributed by atoms with van der Waals surface area (Å²) < 4.78 is 5.68. The molecule has 0 saturated carbocycles. The van der Waals surface area contributed by atoms with Crippen LogP contribution in [0.1, 0.15) is 47.0 Å². The molecule has 114 valence electrons. The van der Waals surface area contributed by atoms with Crippen molar-refractivity contribution in [3.63, 3.8) is 0 Å². The van der Waals surface area contributed by atoms with Gasteiger partial charge < -0.3 is 15.2 Å². The van der Waals surface area contributed by atoms with Crippen LogP contribution in [0.3, 0.4) is 0 Å². The van der Waals surface area contributed by atoms with Gasteiger partial charge in [-0.3, -0.25) is 4.90 Å². The number of nitrogens with zero attached hydrogens (tertiary/aromatic N) is 1. The highest BCUT2D eigenvalue weighted by atomic mass is 16.5. The first-order chi connectivity index (χ1) is 8.99. The summed E-state index contributed by atoms with van der Waals surface area (Å²) in [5, 5.41) is 13.0. The fraction of sp³-hybridized carbons (Fsp3) is 1.00. The standard InChI is InChI=1S/C15H32N2O2/c1-5-14-11-17(9-10-19-14)8-6-7-15(4,12-18)16-13(2)3/h13-14,16,18H,5-12H2,1-4H3. The molecule has 2 unspecified atom stereocenters. The Labute approximate surface area is 118 Å². The van der Waals surface area contributed by atoms with Gasteiger partial charge in [0.15, 0.2) is 0 Å². The zero-order valence-electron chi connectivity index (χ0n) is 13.1. The number of rotatable bonds is 8. The highest BCUT2D eigenvalue weighted by Crippen LogP contribution is 2.15. The summed E-state index contributed by atoms with van der Waals surface area (Å²) in [4.78, 5) is 2.49. The average molecular weight is 272 g/mol. The van der Waals surface area contributed by atoms with Gasteiger partial charge in [-0.2, -0.15) is 0 Å². The first-order valence-corrected chi connectivity index (χ1v) is 7.71. The molecule has 0 radical (unpaired) electrons. The Hall–Kier alpha value is -0.160. The second kappa shape index (κ2) is 8.20. The van der Waals surface area contributed by atoms with Crippen LogP contribution in [0.2, 0.25) is 0 Å². The van der Waals surface area contributed by atoms with Gasteiger partial charge >= 0.3 is 0 Å². The van der Waals surface area contributed by atoms with Crippen molar-refractivity contribution in [1.29, 1.82) is 0 Å². The van der Waals surface area contributed by atoms with E-state index in [1.165, 1.54) is 0 Å². The van der Waals surface area contributed by atoms with E-state index >= 15 is 0 Å². The number of hydrogen-bond donors (Lipinski definition) is 2. The van der Waals surface area contributed by atoms with E-state index in [0.29, 0.717) is 12.1 Å². The maximum atomic E-state index is 9.56. The number of ether oxygens (including phenoxy) is 1. The third kappa shape index (κ3) is 6.21. The molecule has 0 aromatic heterocycles. The molecule has 4 nitrogen and oxygen atoms in total. The van der Waals surface area contributed by atoms with Crippen LogP contribution in [-0.4, -0.2) is 60.5 Å². The molecule has 0 bridgehead atoms. The monoisotopic (exact) mass is 272 g/mol. The Bertz CT molecular complexity index is 248. The smallest absolute Gasteiger partial charge is 0.0700 e. The molecule has 2 N–H and O–H groups in total. The summed E-state index contributed by atoms with van der Waals surface area (Å²) in [6, 6.07) is 0.407. The number of morpholine rings is 1. The molecule has 1 rings (SSSR count). The van der Waals surface area contributed by atoms with Crippen LogP contribution >= 0.6 is 0 Å². The normalized spacial score (nSPS) is 24.6. The Morgan fingerprint density at radius 3 is 2.79 bits per heavy atom. The molecule has 1 heterocycles. The molecular weight excluding hydrogens is 240 g/mol. The topological polar surface area (TPSA) is 44.7 Å². The molecule has 0 aromatic carbocycles. The van der Waals surface area contributed by atoms with Crippen molar-refractivity contribution < 1.29 is 9.84 Å². The van der Waals surface area contributed by atoms with Crippen LogP contribution in [0.15, 0.2) is 0 Å². The molecule has 1 aliphatic rings. The fourth-order valence-corrected chi connectivity index (χ4v) is 2.82. The number of hydrogen-bond acceptors (Lipinski definition) is 4. The van der Waals surface area contributed by atoms with Gasteiger partial charge in [0.1, 0.15) is 0 Å². The molecule has 19 heavy (non-hydrogen) atoms. The van der Waals surface area contributed by atoms with E-state index in [1.54, 1.807) is 0 Å². The summed E-state index contributed by atoms with van der Waals surface area (Å²) in [6.45, 7) is 12.8. The lowest BCUT2D eigenvalue weighted by atomic mass is 9.95. The minimum absolute atomic E-state index is 0.148. The van der Waals surface area contributed by atoms with Crippen molar-refractivity contribution >= 4 is 0 Å². The zero-order chi connectivity index (χ0) is 14.3. The lowest BCUT2D eigenvalue weighted by molar-refractivity contribution is -0.0306. The fourth-order valence-electron chi connectivity index (χ4n) is 2.82. The van der Waals surface area contributed by atoms with Crippen molar-refractivity contribution in [2.45, 2.75) is 64.6 Å². The first-order valence-electron chi connectivity index (χ1n) is 7.71. The van der Waals surface area contributed by atoms with E-state index in [9.17, 15) is 5.11 Å². The van der Waals surface area contributed by atoms with Crippen LogP contribution < -0.4 is 5.32 Å². The molecule has 4 heteroatoms. The van der Waals surface area contributed by atoms with Crippen LogP contribution in [0.5, 0.6) is 0 Å². The van der Waals surface area contributed by atoms with Crippen LogP contribution in [0.25, 0.3) is 0 Å². The van der Waals surface area contributed by atoms with E-state index in [-0.39, 0.29) is 12.1 Å². The van der Waals surface area contributed by atoms with Gasteiger partial charge in [0.05, 0.1) is 19.3 Å². The lowest BCUT2D eigenvalue weighted by Gasteiger charge is -2.35. The van der Waals surface area contributed by atoms with Gasteiger partial charge in [-0.05, 0) is 32.7 Å². The van der Waals surface area contributed by atoms with Gasteiger partial charge in [0.2, 0.25) is 0 Å². The van der Waals surface area contributed by atoms with Crippen molar-refractivity contribution in [1.82, 2.24) is 10.2 Å². The quantitative estimate of drug-likeness (QED) is 0.705. The first kappa shape index (κ1) is 16.9. The SMILES string of the molecule is CCC1CN(CCCC(C)(CO)NC(C)C)CCO1. The Morgan fingerprint density at radius 1 is 1.47 bits per heavy atom. The van der Waals surface area contributed by atoms with Crippen molar-refractivity contribution in [2.24, 2.45) is 0 Å². The summed E-state index contributed by atoms with van der Waals surface area (Å²) in [7, 11) is 0. The summed E-state index contributed by atoms with van der Waals surface area (Å²) in [5.74, 6) is 0. The van der Waals surface area contributed by atoms with Crippen molar-refractivity contribution in [3.8, 4) is 0 Å². The van der Waals surface area contributed by atoms with Crippen molar-refractivity contribution in [3.05, 3.63) is 0 Å². The molecule has 1 aliphatic heterocycles. The molecular formula is C15H32N2O2. The molecule has 0 amide bonds. The molecule has 1 saturated heterocycles. The average Bonchev–Trinajstić information content (AvgIpc) is 2.38. The molecule has 0 aromatic rings. The van der Waals surface area contributed by atoms with E-state index in [1.807, 2.05) is 0 Å². The minimum Gasteiger partial charge on any atom is -0.394 e. The highest BCUT2D eigenvalue weighted by Gasteiger charge is 2.24. The lowest BCUT2D eigenvalue weighted by Crippen LogP contribution is -2.49. The predicted molar refractivity (Wildman–Crippen MR) is 79.5 cm³/mol. The van der Waals surface area contributed by atoms with E-state index in [4.69, 9.17) is 4.74 Å². The van der Waals surface area contributed by atoms with Gasteiger partial charge in [-0.1, -0.05) is 20.8 Å². The third-order valence-corrected chi connectivity index (χ3v) is 3.87. The summed E-state index contributed by atoms with van der Waals surface area (Å²) in [6.07, 6.45) is 3.63. The Kier molecular flexibility index (Phi) is 7.29. The molecule has 0 aliphatic carbocycles. The number of nitrogens with one attached hydrogen (secondary N) is 1. The van der Waals surface area contributed by atoms with E-state index in [0.717, 1.165) is 45.5 Å². The maximum absolute atomic E-state index is 9.56. The maximum Gasteiger partial charge on any atom is 0.0700 e. The van der Waals surface area contributed by atoms with E-state index < -0.39 is 0 Å². The molecule has 1 fully saturated rings. The molecule has 0 spiro atoms. The van der Waals surface area contributed by atoms with Crippen molar-refractivity contribution in [2.75, 3.05) is 32.8 Å². The summed E-state index contributed by atoms with van der Waals surface area (Å²) in [5.41, 5.74) is -0.148. The Balaban J connectivity index is 2.28. The number of aliphatic hydroxyl groups excluding tert-OH is 1. The van der Waals surface area contributed by atoms with Gasteiger partial charge in [0, 0.05) is 24.7 Å². The van der Waals surface area contributed by atoms with Crippen LogP contribution in [0.4, 0.5) is 0 Å². The van der Waals surface area contributed by atoms with Gasteiger partial charge in [-0.25, -0.2) is 0 Å². The molecule has 2 atom stereocenters. The van der Waals surface area contributed by atoms with E-state index in [2.05, 4.69) is 37.9 Å². The second-order valence-corrected chi connectivity index (χ2v) is 6.32. The number of aliphatic hydroxyl groups is 1. The zero-order valence-corrected chi connectivity index (χ0v) is 13.1. The Morgan fingerprint density at radius 2 is 2.21 bits per heavy atom. The van der Waals surface area contributed by atoms with Gasteiger partial charge in [-0.15, -0.1) is 0 Å². The highest BCUT2D eigenvalue weighted by molar-refractivity contribution is 4.84. The van der Waals surface area contributed by atoms with Gasteiger partial charge in [0.25, 0.3) is 0 Å². The third-order valence-electron chi connectivity index (χ3n) is 3.87. The van der Waals surface area contributed by atoms with Crippen LogP contribution in [-0.2, 0) is 4.74 Å². The van der Waals surface area contributed by atoms with Crippen LogP contribution in [0, 0.1) is 0 Å². The largest absolute Gasteiger partial charge is 0.394 e. The second-order valence-electron chi connectivity index (χ2n) is 6.32.